The van der Waals surface area contributed by atoms with Crippen molar-refractivity contribution < 1.29 is 9.84 Å². The van der Waals surface area contributed by atoms with Crippen LogP contribution in [0.5, 0.6) is 0 Å². The molecule has 0 unspecified atom stereocenters. The number of morpholine rings is 1. The van der Waals surface area contributed by atoms with E-state index in [-0.39, 0.29) is 0 Å². The molecule has 0 bridgehead atoms. The Morgan fingerprint density at radius 1 is 1.45 bits per heavy atom. The fourth-order valence-corrected chi connectivity index (χ4v) is 3.90. The Balaban J connectivity index is 1.66. The number of nitrogens with zero attached hydrogens (tertiary/aromatic N) is 2. The molecule has 0 saturated carbocycles. The van der Waals surface area contributed by atoms with Crippen LogP contribution in [0, 0.1) is 0 Å². The number of ether oxygens (including phenoxy) is 1. The second-order valence-corrected chi connectivity index (χ2v) is 6.44. The maximum atomic E-state index is 10.8. The number of aromatic nitrogens is 1. The quantitative estimate of drug-likeness (QED) is 0.812. The Morgan fingerprint density at radius 2 is 2.35 bits per heavy atom. The molecule has 2 aliphatic rings. The van der Waals surface area contributed by atoms with Gasteiger partial charge in [-0.15, -0.1) is 11.3 Å². The van der Waals surface area contributed by atoms with E-state index < -0.39 is 5.79 Å². The van der Waals surface area contributed by atoms with Crippen molar-refractivity contribution in [2.45, 2.75) is 11.8 Å². The van der Waals surface area contributed by atoms with E-state index in [2.05, 4.69) is 15.2 Å². The standard InChI is InChI=1S/C14H17N3O2S/c18-14(9-17-6-5-15-7-10(17)8-19-14)13-16-11-3-1-2-4-12(11)20-13/h1-4,10,15,18H,5-9H2/t10-,14-/m0/s1. The molecule has 0 aliphatic carbocycles. The Hall–Kier alpha value is -1.05. The Morgan fingerprint density at radius 3 is 3.25 bits per heavy atom. The Labute approximate surface area is 121 Å². The third-order valence-corrected chi connectivity index (χ3v) is 5.20. The van der Waals surface area contributed by atoms with Gasteiger partial charge in [0.1, 0.15) is 0 Å². The first-order chi connectivity index (χ1) is 9.74. The highest BCUT2D eigenvalue weighted by Crippen LogP contribution is 2.34. The van der Waals surface area contributed by atoms with Crippen LogP contribution in [0.3, 0.4) is 0 Å². The summed E-state index contributed by atoms with van der Waals surface area (Å²) in [5.74, 6) is -1.27. The van der Waals surface area contributed by atoms with Gasteiger partial charge in [0.15, 0.2) is 5.01 Å². The lowest BCUT2D eigenvalue weighted by Crippen LogP contribution is -2.62. The molecule has 0 amide bonds. The summed E-state index contributed by atoms with van der Waals surface area (Å²) in [4.78, 5) is 6.84. The van der Waals surface area contributed by atoms with Gasteiger partial charge in [0.05, 0.1) is 23.4 Å². The average Bonchev–Trinajstić information content (AvgIpc) is 2.92. The van der Waals surface area contributed by atoms with Crippen LogP contribution >= 0.6 is 11.3 Å². The molecular formula is C14H17N3O2S. The van der Waals surface area contributed by atoms with Gasteiger partial charge >= 0.3 is 0 Å². The third kappa shape index (κ3) is 2.04. The van der Waals surface area contributed by atoms with Gasteiger partial charge in [0.25, 0.3) is 0 Å². The highest BCUT2D eigenvalue weighted by atomic mass is 32.1. The minimum Gasteiger partial charge on any atom is -0.359 e. The minimum atomic E-state index is -1.27. The number of fused-ring (bicyclic) bond motifs is 2. The van der Waals surface area contributed by atoms with Crippen LogP contribution < -0.4 is 5.32 Å². The SMILES string of the molecule is O[C@@]1(c2nc3ccccc3s2)CN2CCNC[C@H]2CO1. The molecule has 106 valence electrons. The zero-order valence-corrected chi connectivity index (χ0v) is 11.9. The molecule has 2 atom stereocenters. The van der Waals surface area contributed by atoms with Gasteiger partial charge in [-0.3, -0.25) is 4.90 Å². The predicted octanol–water partition coefficient (Wildman–Crippen LogP) is 0.745. The molecule has 2 N–H and O–H groups in total. The van der Waals surface area contributed by atoms with Crippen molar-refractivity contribution in [2.75, 3.05) is 32.8 Å². The summed E-state index contributed by atoms with van der Waals surface area (Å²) in [6, 6.07) is 8.30. The van der Waals surface area contributed by atoms with Crippen molar-refractivity contribution in [2.24, 2.45) is 0 Å². The molecule has 3 heterocycles. The minimum absolute atomic E-state index is 0.360. The highest BCUT2D eigenvalue weighted by molar-refractivity contribution is 7.18. The smallest absolute Gasteiger partial charge is 0.232 e. The van der Waals surface area contributed by atoms with E-state index in [0.29, 0.717) is 24.2 Å². The lowest BCUT2D eigenvalue weighted by atomic mass is 10.1. The fourth-order valence-electron chi connectivity index (χ4n) is 2.90. The van der Waals surface area contributed by atoms with Gasteiger partial charge in [0.2, 0.25) is 5.79 Å². The summed E-state index contributed by atoms with van der Waals surface area (Å²) >= 11 is 1.51. The molecule has 2 aromatic rings. The molecule has 1 aromatic carbocycles. The largest absolute Gasteiger partial charge is 0.359 e. The van der Waals surface area contributed by atoms with E-state index in [1.54, 1.807) is 0 Å². The first-order valence-corrected chi connectivity index (χ1v) is 7.73. The summed E-state index contributed by atoms with van der Waals surface area (Å²) in [6.45, 7) is 3.88. The summed E-state index contributed by atoms with van der Waals surface area (Å²) in [5.41, 5.74) is 0.923. The van der Waals surface area contributed by atoms with E-state index in [1.165, 1.54) is 11.3 Å². The van der Waals surface area contributed by atoms with Crippen LogP contribution in [0.2, 0.25) is 0 Å². The summed E-state index contributed by atoms with van der Waals surface area (Å²) in [6.07, 6.45) is 0. The van der Waals surface area contributed by atoms with Crippen molar-refractivity contribution in [1.29, 1.82) is 0 Å². The molecule has 5 nitrogen and oxygen atoms in total. The predicted molar refractivity (Wildman–Crippen MR) is 77.7 cm³/mol. The number of thiazole rings is 1. The molecule has 2 aliphatic heterocycles. The highest BCUT2D eigenvalue weighted by Gasteiger charge is 2.43. The van der Waals surface area contributed by atoms with Crippen LogP contribution in [0.4, 0.5) is 0 Å². The summed E-state index contributed by atoms with van der Waals surface area (Å²) < 4.78 is 6.86. The van der Waals surface area contributed by atoms with Gasteiger partial charge in [-0.05, 0) is 12.1 Å². The number of piperazine rings is 1. The number of para-hydroxylation sites is 1. The Kier molecular flexibility index (Phi) is 3.01. The molecule has 4 rings (SSSR count). The van der Waals surface area contributed by atoms with Crippen molar-refractivity contribution in [3.05, 3.63) is 29.3 Å². The van der Waals surface area contributed by atoms with E-state index in [4.69, 9.17) is 4.74 Å². The van der Waals surface area contributed by atoms with E-state index >= 15 is 0 Å². The zero-order valence-electron chi connectivity index (χ0n) is 11.1. The van der Waals surface area contributed by atoms with E-state index in [1.807, 2.05) is 24.3 Å². The molecule has 0 spiro atoms. The second kappa shape index (κ2) is 4.75. The van der Waals surface area contributed by atoms with Gasteiger partial charge in [-0.25, -0.2) is 4.98 Å². The van der Waals surface area contributed by atoms with Crippen LogP contribution in [-0.4, -0.2) is 53.8 Å². The monoisotopic (exact) mass is 291 g/mol. The third-order valence-electron chi connectivity index (χ3n) is 4.03. The van der Waals surface area contributed by atoms with Crippen molar-refractivity contribution in [3.63, 3.8) is 0 Å². The van der Waals surface area contributed by atoms with Gasteiger partial charge in [-0.2, -0.15) is 0 Å². The van der Waals surface area contributed by atoms with Crippen LogP contribution in [0.1, 0.15) is 5.01 Å². The van der Waals surface area contributed by atoms with Crippen LogP contribution in [-0.2, 0) is 10.5 Å². The second-order valence-electron chi connectivity index (χ2n) is 5.41. The Bertz CT molecular complexity index is 599. The van der Waals surface area contributed by atoms with Gasteiger partial charge in [0, 0.05) is 25.7 Å². The number of hydrogen-bond donors (Lipinski definition) is 2. The number of nitrogens with one attached hydrogen (secondary N) is 1. The number of benzene rings is 1. The summed E-state index contributed by atoms with van der Waals surface area (Å²) in [7, 11) is 0. The van der Waals surface area contributed by atoms with Crippen LogP contribution in [0.15, 0.2) is 24.3 Å². The molecular weight excluding hydrogens is 274 g/mol. The maximum absolute atomic E-state index is 10.8. The zero-order chi connectivity index (χ0) is 13.6. The molecule has 1 aromatic heterocycles. The molecule has 2 saturated heterocycles. The van der Waals surface area contributed by atoms with E-state index in [0.717, 1.165) is 29.9 Å². The van der Waals surface area contributed by atoms with Crippen molar-refractivity contribution in [1.82, 2.24) is 15.2 Å². The molecule has 6 heteroatoms. The lowest BCUT2D eigenvalue weighted by molar-refractivity contribution is -0.262. The summed E-state index contributed by atoms with van der Waals surface area (Å²) in [5, 5.41) is 14.9. The van der Waals surface area contributed by atoms with Crippen molar-refractivity contribution in [3.8, 4) is 0 Å². The average molecular weight is 291 g/mol. The first kappa shape index (κ1) is 12.7. The van der Waals surface area contributed by atoms with Gasteiger partial charge in [-0.1, -0.05) is 12.1 Å². The first-order valence-electron chi connectivity index (χ1n) is 6.92. The molecule has 2 fully saturated rings. The van der Waals surface area contributed by atoms with Gasteiger partial charge < -0.3 is 15.2 Å². The maximum Gasteiger partial charge on any atom is 0.232 e. The van der Waals surface area contributed by atoms with Crippen LogP contribution in [0.25, 0.3) is 10.2 Å². The normalized spacial score (nSPS) is 31.4. The molecule has 0 radical (unpaired) electrons. The number of rotatable bonds is 1. The van der Waals surface area contributed by atoms with Crippen molar-refractivity contribution >= 4 is 21.6 Å². The lowest BCUT2D eigenvalue weighted by Gasteiger charge is -2.45. The number of aliphatic hydroxyl groups is 1. The topological polar surface area (TPSA) is 57.6 Å². The molecule has 20 heavy (non-hydrogen) atoms. The number of hydrogen-bond acceptors (Lipinski definition) is 6. The van der Waals surface area contributed by atoms with E-state index in [9.17, 15) is 5.11 Å². The fraction of sp³-hybridized carbons (Fsp3) is 0.500.